The molecule has 0 fully saturated rings. The van der Waals surface area contributed by atoms with E-state index in [1.165, 1.54) is 12.5 Å². The van der Waals surface area contributed by atoms with Crippen LogP contribution in [0.2, 0.25) is 0 Å². The fourth-order valence-corrected chi connectivity index (χ4v) is 2.40. The van der Waals surface area contributed by atoms with Gasteiger partial charge in [-0.1, -0.05) is 6.07 Å². The molecule has 0 aromatic heterocycles. The Labute approximate surface area is 135 Å². The van der Waals surface area contributed by atoms with Gasteiger partial charge in [-0.25, -0.2) is 0 Å². The van der Waals surface area contributed by atoms with Gasteiger partial charge in [0.25, 0.3) is 0 Å². The Morgan fingerprint density at radius 2 is 1.65 bits per heavy atom. The van der Waals surface area contributed by atoms with Crippen molar-refractivity contribution in [3.05, 3.63) is 57.0 Å². The van der Waals surface area contributed by atoms with E-state index in [0.717, 1.165) is 26.9 Å². The molecule has 0 aliphatic rings. The number of hydrogen-bond donors (Lipinski definition) is 2. The molecule has 5 heteroatoms. The molecule has 0 saturated carbocycles. The topological polar surface area (TPSA) is 41.1 Å². The summed E-state index contributed by atoms with van der Waals surface area (Å²) in [6.07, 6.45) is 0. The summed E-state index contributed by atoms with van der Waals surface area (Å²) in [6.45, 7) is 2.24. The largest absolute Gasteiger partial charge is 0.381 e. The van der Waals surface area contributed by atoms with Crippen molar-refractivity contribution >= 4 is 49.1 Å². The van der Waals surface area contributed by atoms with Crippen LogP contribution in [0.25, 0.3) is 0 Å². The third-order valence-corrected chi connectivity index (χ3v) is 4.57. The minimum absolute atomic E-state index is 0.0644. The molecule has 3 nitrogen and oxygen atoms in total. The van der Waals surface area contributed by atoms with E-state index < -0.39 is 0 Å². The Kier molecular flexibility index (Phi) is 5.20. The number of carbonyl (C=O) groups excluding carboxylic acids is 1. The van der Waals surface area contributed by atoms with Crippen LogP contribution in [0.5, 0.6) is 0 Å². The summed E-state index contributed by atoms with van der Waals surface area (Å²) in [7, 11) is 0. The number of anilines is 2. The van der Waals surface area contributed by atoms with Gasteiger partial charge in [0.05, 0.1) is 0 Å². The summed E-state index contributed by atoms with van der Waals surface area (Å²) in [5.74, 6) is -0.0644. The van der Waals surface area contributed by atoms with Crippen molar-refractivity contribution < 1.29 is 4.79 Å². The molecule has 0 aliphatic heterocycles. The van der Waals surface area contributed by atoms with E-state index in [1.54, 1.807) is 0 Å². The quantitative estimate of drug-likeness (QED) is 0.779. The Balaban J connectivity index is 1.96. The third kappa shape index (κ3) is 4.35. The highest BCUT2D eigenvalue weighted by molar-refractivity contribution is 9.13. The first kappa shape index (κ1) is 15.1. The molecule has 0 radical (unpaired) electrons. The van der Waals surface area contributed by atoms with Crippen molar-refractivity contribution in [1.82, 2.24) is 0 Å². The van der Waals surface area contributed by atoms with Crippen molar-refractivity contribution in [1.29, 1.82) is 0 Å². The zero-order valence-electron chi connectivity index (χ0n) is 10.9. The van der Waals surface area contributed by atoms with Gasteiger partial charge in [0.2, 0.25) is 5.91 Å². The fourth-order valence-electron chi connectivity index (χ4n) is 1.73. The summed E-state index contributed by atoms with van der Waals surface area (Å²) in [5, 5.41) is 6.08. The molecule has 1 amide bonds. The molecule has 0 atom stereocenters. The summed E-state index contributed by atoms with van der Waals surface area (Å²) >= 11 is 6.94. The standard InChI is InChI=1S/C15H14Br2N2O/c1-10(20)19-13-5-3-12(4-6-13)18-9-11-2-7-14(16)15(17)8-11/h2-8,18H,9H2,1H3,(H,19,20). The lowest BCUT2D eigenvalue weighted by Crippen LogP contribution is -2.05. The van der Waals surface area contributed by atoms with Crippen molar-refractivity contribution in [3.63, 3.8) is 0 Å². The molecule has 20 heavy (non-hydrogen) atoms. The van der Waals surface area contributed by atoms with Gasteiger partial charge in [-0.2, -0.15) is 0 Å². The Morgan fingerprint density at radius 3 is 2.25 bits per heavy atom. The van der Waals surface area contributed by atoms with Crippen LogP contribution in [-0.2, 0) is 11.3 Å². The Hall–Kier alpha value is -1.33. The number of hydrogen-bond acceptors (Lipinski definition) is 2. The highest BCUT2D eigenvalue weighted by Crippen LogP contribution is 2.24. The molecule has 0 spiro atoms. The first-order valence-electron chi connectivity index (χ1n) is 6.10. The summed E-state index contributed by atoms with van der Waals surface area (Å²) in [5.41, 5.74) is 3.00. The lowest BCUT2D eigenvalue weighted by molar-refractivity contribution is -0.114. The predicted molar refractivity (Wildman–Crippen MR) is 89.9 cm³/mol. The molecule has 0 saturated heterocycles. The second kappa shape index (κ2) is 6.90. The number of nitrogens with one attached hydrogen (secondary N) is 2. The molecule has 2 rings (SSSR count). The van der Waals surface area contributed by atoms with E-state index in [1.807, 2.05) is 30.3 Å². The number of rotatable bonds is 4. The summed E-state index contributed by atoms with van der Waals surface area (Å²) < 4.78 is 2.08. The van der Waals surface area contributed by atoms with Gasteiger partial charge in [-0.05, 0) is 73.8 Å². The summed E-state index contributed by atoms with van der Waals surface area (Å²) in [6, 6.07) is 13.8. The van der Waals surface area contributed by atoms with Crippen molar-refractivity contribution in [3.8, 4) is 0 Å². The first-order chi connectivity index (χ1) is 9.54. The van der Waals surface area contributed by atoms with Gasteiger partial charge in [0.15, 0.2) is 0 Å². The van der Waals surface area contributed by atoms with Gasteiger partial charge in [0, 0.05) is 33.8 Å². The molecule has 0 heterocycles. The molecule has 2 N–H and O–H groups in total. The monoisotopic (exact) mass is 396 g/mol. The predicted octanol–water partition coefficient (Wildman–Crippen LogP) is 4.78. The van der Waals surface area contributed by atoms with Crippen LogP contribution in [0.4, 0.5) is 11.4 Å². The molecular weight excluding hydrogens is 384 g/mol. The number of carbonyl (C=O) groups is 1. The lowest BCUT2D eigenvalue weighted by Gasteiger charge is -2.09. The molecule has 2 aromatic carbocycles. The van der Waals surface area contributed by atoms with Crippen molar-refractivity contribution in [2.75, 3.05) is 10.6 Å². The molecule has 0 bridgehead atoms. The van der Waals surface area contributed by atoms with Crippen molar-refractivity contribution in [2.45, 2.75) is 13.5 Å². The van der Waals surface area contributed by atoms with Crippen LogP contribution in [0, 0.1) is 0 Å². The lowest BCUT2D eigenvalue weighted by atomic mass is 10.2. The third-order valence-electron chi connectivity index (χ3n) is 2.69. The number of halogens is 2. The zero-order chi connectivity index (χ0) is 14.5. The zero-order valence-corrected chi connectivity index (χ0v) is 14.1. The highest BCUT2D eigenvalue weighted by Gasteiger charge is 2.00. The van der Waals surface area contributed by atoms with Crippen LogP contribution in [-0.4, -0.2) is 5.91 Å². The minimum Gasteiger partial charge on any atom is -0.381 e. The van der Waals surface area contributed by atoms with E-state index in [2.05, 4.69) is 54.6 Å². The van der Waals surface area contributed by atoms with Crippen molar-refractivity contribution in [2.24, 2.45) is 0 Å². The van der Waals surface area contributed by atoms with Crippen LogP contribution in [0.1, 0.15) is 12.5 Å². The maximum absolute atomic E-state index is 10.9. The second-order valence-corrected chi connectivity index (χ2v) is 6.07. The maximum atomic E-state index is 10.9. The number of benzene rings is 2. The van der Waals surface area contributed by atoms with Gasteiger partial charge in [0.1, 0.15) is 0 Å². The summed E-state index contributed by atoms with van der Waals surface area (Å²) in [4.78, 5) is 10.9. The van der Waals surface area contributed by atoms with Crippen LogP contribution < -0.4 is 10.6 Å². The Bertz CT molecular complexity index is 612. The van der Waals surface area contributed by atoms with Gasteiger partial charge >= 0.3 is 0 Å². The molecule has 0 aliphatic carbocycles. The smallest absolute Gasteiger partial charge is 0.221 e. The minimum atomic E-state index is -0.0644. The van der Waals surface area contributed by atoms with E-state index >= 15 is 0 Å². The maximum Gasteiger partial charge on any atom is 0.221 e. The molecule has 0 unspecified atom stereocenters. The van der Waals surface area contributed by atoms with Crippen LogP contribution in [0.15, 0.2) is 51.4 Å². The van der Waals surface area contributed by atoms with Crippen LogP contribution in [0.3, 0.4) is 0 Å². The highest BCUT2D eigenvalue weighted by atomic mass is 79.9. The molecule has 104 valence electrons. The second-order valence-electron chi connectivity index (χ2n) is 4.36. The van der Waals surface area contributed by atoms with Gasteiger partial charge in [-0.3, -0.25) is 4.79 Å². The van der Waals surface area contributed by atoms with E-state index in [9.17, 15) is 4.79 Å². The number of amides is 1. The van der Waals surface area contributed by atoms with E-state index in [0.29, 0.717) is 0 Å². The van der Waals surface area contributed by atoms with E-state index in [-0.39, 0.29) is 5.91 Å². The average molecular weight is 398 g/mol. The van der Waals surface area contributed by atoms with Crippen LogP contribution >= 0.6 is 31.9 Å². The normalized spacial score (nSPS) is 10.2. The first-order valence-corrected chi connectivity index (χ1v) is 7.68. The Morgan fingerprint density at radius 1 is 1.00 bits per heavy atom. The van der Waals surface area contributed by atoms with Gasteiger partial charge in [-0.15, -0.1) is 0 Å². The average Bonchev–Trinajstić information content (AvgIpc) is 2.41. The van der Waals surface area contributed by atoms with E-state index in [4.69, 9.17) is 0 Å². The van der Waals surface area contributed by atoms with Gasteiger partial charge < -0.3 is 10.6 Å². The molecular formula is C15H14Br2N2O. The SMILES string of the molecule is CC(=O)Nc1ccc(NCc2ccc(Br)c(Br)c2)cc1. The fraction of sp³-hybridized carbons (Fsp3) is 0.133. The molecule has 2 aromatic rings.